The normalized spacial score (nSPS) is 11.3. The molecular weight excluding hydrogens is 260 g/mol. The molecule has 0 saturated carbocycles. The summed E-state index contributed by atoms with van der Waals surface area (Å²) >= 11 is 0. The van der Waals surface area contributed by atoms with Crippen molar-refractivity contribution in [1.82, 2.24) is 10.9 Å². The summed E-state index contributed by atoms with van der Waals surface area (Å²) in [6.45, 7) is 4.10. The highest BCUT2D eigenvalue weighted by molar-refractivity contribution is 5.80. The molecule has 0 aliphatic heterocycles. The molecule has 0 aliphatic rings. The maximum atomic E-state index is 11.4. The molecule has 6 nitrogen and oxygen atoms in total. The van der Waals surface area contributed by atoms with Crippen LogP contribution in [0, 0.1) is 0 Å². The average Bonchev–Trinajstić information content (AvgIpc) is 2.50. The molecule has 0 heterocycles. The number of carbonyl (C=O) groups is 2. The van der Waals surface area contributed by atoms with Crippen molar-refractivity contribution in [3.63, 3.8) is 0 Å². The van der Waals surface area contributed by atoms with E-state index in [-0.39, 0.29) is 6.61 Å². The van der Waals surface area contributed by atoms with Crippen LogP contribution in [0.3, 0.4) is 0 Å². The molecule has 1 unspecified atom stereocenters. The second-order valence-corrected chi connectivity index (χ2v) is 4.33. The Labute approximate surface area is 118 Å². The van der Waals surface area contributed by atoms with E-state index in [0.29, 0.717) is 11.7 Å². The lowest BCUT2D eigenvalue weighted by Gasteiger charge is -2.11. The van der Waals surface area contributed by atoms with Crippen LogP contribution in [0.1, 0.15) is 31.7 Å². The average molecular weight is 280 g/mol. The Hall–Kier alpha value is -2.24. The van der Waals surface area contributed by atoms with E-state index in [2.05, 4.69) is 29.4 Å². The standard InChI is InChI=1S/C14H20N2O4/c1-4-10(2)11-5-7-12(8-6-11)20-9-13(17)15-16-14(18)19-3/h5-8,10H,4,9H2,1-3H3,(H,15,17)(H,16,18). The first-order valence-electron chi connectivity index (χ1n) is 6.42. The molecule has 2 amide bonds. The summed E-state index contributed by atoms with van der Waals surface area (Å²) in [5.74, 6) is 0.628. The van der Waals surface area contributed by atoms with Crippen LogP contribution in [0.2, 0.25) is 0 Å². The van der Waals surface area contributed by atoms with E-state index in [1.807, 2.05) is 24.3 Å². The molecule has 0 spiro atoms. The van der Waals surface area contributed by atoms with Gasteiger partial charge in [-0.25, -0.2) is 10.2 Å². The third-order valence-electron chi connectivity index (χ3n) is 2.92. The molecule has 1 aromatic rings. The summed E-state index contributed by atoms with van der Waals surface area (Å²) in [4.78, 5) is 22.1. The third-order valence-corrected chi connectivity index (χ3v) is 2.92. The number of amides is 2. The Morgan fingerprint density at radius 2 is 1.85 bits per heavy atom. The van der Waals surface area contributed by atoms with Gasteiger partial charge in [-0.05, 0) is 30.0 Å². The van der Waals surface area contributed by atoms with Gasteiger partial charge in [0.15, 0.2) is 6.61 Å². The highest BCUT2D eigenvalue weighted by atomic mass is 16.5. The number of ether oxygens (including phenoxy) is 2. The largest absolute Gasteiger partial charge is 0.484 e. The van der Waals surface area contributed by atoms with Gasteiger partial charge in [-0.15, -0.1) is 0 Å². The summed E-state index contributed by atoms with van der Waals surface area (Å²) in [5.41, 5.74) is 5.45. The van der Waals surface area contributed by atoms with Gasteiger partial charge < -0.3 is 9.47 Å². The van der Waals surface area contributed by atoms with Crippen molar-refractivity contribution < 1.29 is 19.1 Å². The second-order valence-electron chi connectivity index (χ2n) is 4.33. The minimum atomic E-state index is -0.740. The number of methoxy groups -OCH3 is 1. The molecule has 0 aromatic heterocycles. The number of hydrogen-bond donors (Lipinski definition) is 2. The number of hydrogen-bond acceptors (Lipinski definition) is 4. The topological polar surface area (TPSA) is 76.7 Å². The quantitative estimate of drug-likeness (QED) is 0.808. The summed E-state index contributed by atoms with van der Waals surface area (Å²) in [6, 6.07) is 7.60. The van der Waals surface area contributed by atoms with Crippen molar-refractivity contribution in [2.75, 3.05) is 13.7 Å². The minimum absolute atomic E-state index is 0.188. The van der Waals surface area contributed by atoms with Gasteiger partial charge in [-0.1, -0.05) is 26.0 Å². The molecular formula is C14H20N2O4. The smallest absolute Gasteiger partial charge is 0.425 e. The Morgan fingerprint density at radius 3 is 2.40 bits per heavy atom. The summed E-state index contributed by atoms with van der Waals surface area (Å²) < 4.78 is 9.60. The Kier molecular flexibility index (Phi) is 6.36. The fraction of sp³-hybridized carbons (Fsp3) is 0.429. The van der Waals surface area contributed by atoms with Crippen LogP contribution < -0.4 is 15.6 Å². The van der Waals surface area contributed by atoms with Gasteiger partial charge in [-0.3, -0.25) is 10.2 Å². The SMILES string of the molecule is CCC(C)c1ccc(OCC(=O)NNC(=O)OC)cc1. The van der Waals surface area contributed by atoms with E-state index >= 15 is 0 Å². The number of hydrazine groups is 1. The monoisotopic (exact) mass is 280 g/mol. The fourth-order valence-electron chi connectivity index (χ4n) is 1.49. The van der Waals surface area contributed by atoms with Crippen LogP contribution in [0.25, 0.3) is 0 Å². The van der Waals surface area contributed by atoms with Gasteiger partial charge in [0.25, 0.3) is 5.91 Å². The maximum absolute atomic E-state index is 11.4. The van der Waals surface area contributed by atoms with E-state index in [0.717, 1.165) is 6.42 Å². The van der Waals surface area contributed by atoms with E-state index in [9.17, 15) is 9.59 Å². The summed E-state index contributed by atoms with van der Waals surface area (Å²) in [7, 11) is 1.21. The molecule has 2 N–H and O–H groups in total. The van der Waals surface area contributed by atoms with E-state index in [4.69, 9.17) is 4.74 Å². The Morgan fingerprint density at radius 1 is 1.20 bits per heavy atom. The summed E-state index contributed by atoms with van der Waals surface area (Å²) in [6.07, 6.45) is 0.332. The molecule has 110 valence electrons. The lowest BCUT2D eigenvalue weighted by molar-refractivity contribution is -0.123. The molecule has 20 heavy (non-hydrogen) atoms. The molecule has 0 aliphatic carbocycles. The predicted molar refractivity (Wildman–Crippen MR) is 74.3 cm³/mol. The molecule has 6 heteroatoms. The van der Waals surface area contributed by atoms with E-state index in [1.165, 1.54) is 12.7 Å². The van der Waals surface area contributed by atoms with Gasteiger partial charge in [0.1, 0.15) is 5.75 Å². The molecule has 1 atom stereocenters. The Balaban J connectivity index is 2.38. The molecule has 0 bridgehead atoms. The molecule has 0 fully saturated rings. The van der Waals surface area contributed by atoms with Crippen LogP contribution in [0.5, 0.6) is 5.75 Å². The maximum Gasteiger partial charge on any atom is 0.425 e. The van der Waals surface area contributed by atoms with Crippen LogP contribution in [-0.2, 0) is 9.53 Å². The van der Waals surface area contributed by atoms with Gasteiger partial charge in [-0.2, -0.15) is 0 Å². The zero-order valence-corrected chi connectivity index (χ0v) is 11.9. The second kappa shape index (κ2) is 8.04. The van der Waals surface area contributed by atoms with Crippen LogP contribution in [0.15, 0.2) is 24.3 Å². The number of rotatable bonds is 5. The van der Waals surface area contributed by atoms with Crippen LogP contribution in [0.4, 0.5) is 4.79 Å². The van der Waals surface area contributed by atoms with Gasteiger partial charge in [0.05, 0.1) is 7.11 Å². The number of benzene rings is 1. The van der Waals surface area contributed by atoms with Crippen molar-refractivity contribution in [3.05, 3.63) is 29.8 Å². The van der Waals surface area contributed by atoms with Gasteiger partial charge >= 0.3 is 6.09 Å². The lowest BCUT2D eigenvalue weighted by Crippen LogP contribution is -2.43. The number of nitrogens with one attached hydrogen (secondary N) is 2. The lowest BCUT2D eigenvalue weighted by atomic mass is 9.99. The van der Waals surface area contributed by atoms with E-state index in [1.54, 1.807) is 0 Å². The first kappa shape index (κ1) is 15.8. The molecule has 1 rings (SSSR count). The van der Waals surface area contributed by atoms with Crippen LogP contribution in [-0.4, -0.2) is 25.7 Å². The fourth-order valence-corrected chi connectivity index (χ4v) is 1.49. The Bertz CT molecular complexity index is 445. The highest BCUT2D eigenvalue weighted by Crippen LogP contribution is 2.21. The first-order chi connectivity index (χ1) is 9.56. The minimum Gasteiger partial charge on any atom is -0.484 e. The van der Waals surface area contributed by atoms with Crippen molar-refractivity contribution >= 4 is 12.0 Å². The number of carbonyl (C=O) groups excluding carboxylic acids is 2. The van der Waals surface area contributed by atoms with E-state index < -0.39 is 12.0 Å². The van der Waals surface area contributed by atoms with Crippen molar-refractivity contribution in [1.29, 1.82) is 0 Å². The van der Waals surface area contributed by atoms with Crippen molar-refractivity contribution in [2.45, 2.75) is 26.2 Å². The van der Waals surface area contributed by atoms with Gasteiger partial charge in [0, 0.05) is 0 Å². The third kappa shape index (κ3) is 5.17. The van der Waals surface area contributed by atoms with Crippen molar-refractivity contribution in [2.24, 2.45) is 0 Å². The van der Waals surface area contributed by atoms with Crippen LogP contribution >= 0.6 is 0 Å². The zero-order valence-electron chi connectivity index (χ0n) is 11.9. The predicted octanol–water partition coefficient (Wildman–Crippen LogP) is 1.97. The molecule has 1 aromatic carbocycles. The zero-order chi connectivity index (χ0) is 15.0. The van der Waals surface area contributed by atoms with Gasteiger partial charge in [0.2, 0.25) is 0 Å². The highest BCUT2D eigenvalue weighted by Gasteiger charge is 2.06. The molecule has 0 saturated heterocycles. The van der Waals surface area contributed by atoms with Crippen molar-refractivity contribution in [3.8, 4) is 5.75 Å². The first-order valence-corrected chi connectivity index (χ1v) is 6.42. The molecule has 0 radical (unpaired) electrons. The summed E-state index contributed by atoms with van der Waals surface area (Å²) in [5, 5.41) is 0.